The Kier molecular flexibility index (Phi) is 3.80. The first kappa shape index (κ1) is 15.2. The molecule has 3 rings (SSSR count). The summed E-state index contributed by atoms with van der Waals surface area (Å²) < 4.78 is 27.7. The van der Waals surface area contributed by atoms with Crippen LogP contribution in [0.1, 0.15) is 36.2 Å². The summed E-state index contributed by atoms with van der Waals surface area (Å²) in [5.41, 5.74) is 1.40. The second-order valence-electron chi connectivity index (χ2n) is 5.32. The maximum atomic E-state index is 12.5. The fourth-order valence-corrected chi connectivity index (χ4v) is 4.53. The van der Waals surface area contributed by atoms with Crippen LogP contribution in [0.3, 0.4) is 0 Å². The molecule has 2 aromatic rings. The Morgan fingerprint density at radius 3 is 2.77 bits per heavy atom. The minimum absolute atomic E-state index is 0.107. The van der Waals surface area contributed by atoms with Gasteiger partial charge in [-0.25, -0.2) is 13.1 Å². The molecule has 0 spiro atoms. The van der Waals surface area contributed by atoms with Gasteiger partial charge >= 0.3 is 0 Å². The second-order valence-corrected chi connectivity index (χ2v) is 8.01. The number of amides is 1. The third kappa shape index (κ3) is 2.67. The van der Waals surface area contributed by atoms with Crippen molar-refractivity contribution in [2.75, 3.05) is 5.32 Å². The number of carbonyl (C=O) groups excluding carboxylic acids is 1. The Morgan fingerprint density at radius 2 is 2.09 bits per heavy atom. The van der Waals surface area contributed by atoms with Gasteiger partial charge in [0.25, 0.3) is 0 Å². The van der Waals surface area contributed by atoms with Gasteiger partial charge in [-0.3, -0.25) is 4.79 Å². The largest absolute Gasteiger partial charge is 0.325 e. The molecule has 1 amide bonds. The minimum Gasteiger partial charge on any atom is -0.325 e. The van der Waals surface area contributed by atoms with Gasteiger partial charge in [0.1, 0.15) is 0 Å². The SMILES string of the molecule is C[C@@H](NS(=O)(=O)c1ccc2c(c1)[C@@H](C)C(=O)N2)c1cccs1. The molecule has 0 aliphatic carbocycles. The summed E-state index contributed by atoms with van der Waals surface area (Å²) in [5.74, 6) is -0.440. The van der Waals surface area contributed by atoms with Gasteiger partial charge < -0.3 is 5.32 Å². The Hall–Kier alpha value is -1.70. The first-order valence-corrected chi connectivity index (χ1v) is 9.25. The average molecular weight is 336 g/mol. The zero-order valence-corrected chi connectivity index (χ0v) is 13.8. The van der Waals surface area contributed by atoms with Crippen molar-refractivity contribution in [3.63, 3.8) is 0 Å². The highest BCUT2D eigenvalue weighted by molar-refractivity contribution is 7.89. The van der Waals surface area contributed by atoms with E-state index in [9.17, 15) is 13.2 Å². The molecule has 0 saturated heterocycles. The first-order valence-electron chi connectivity index (χ1n) is 6.89. The highest BCUT2D eigenvalue weighted by Crippen LogP contribution is 2.34. The molecule has 0 bridgehead atoms. The Balaban J connectivity index is 1.89. The number of thiophene rings is 1. The van der Waals surface area contributed by atoms with Crippen molar-refractivity contribution in [1.29, 1.82) is 0 Å². The molecule has 7 heteroatoms. The molecule has 0 radical (unpaired) electrons. The van der Waals surface area contributed by atoms with Crippen LogP contribution in [0.2, 0.25) is 0 Å². The normalized spacial score (nSPS) is 18.8. The van der Waals surface area contributed by atoms with E-state index < -0.39 is 10.0 Å². The molecule has 2 heterocycles. The molecule has 2 N–H and O–H groups in total. The number of sulfonamides is 1. The van der Waals surface area contributed by atoms with E-state index >= 15 is 0 Å². The molecule has 2 atom stereocenters. The zero-order chi connectivity index (χ0) is 15.9. The number of carbonyl (C=O) groups is 1. The number of nitrogens with one attached hydrogen (secondary N) is 2. The van der Waals surface area contributed by atoms with Gasteiger partial charge in [0.05, 0.1) is 16.9 Å². The van der Waals surface area contributed by atoms with Gasteiger partial charge in [0.15, 0.2) is 0 Å². The maximum Gasteiger partial charge on any atom is 0.241 e. The Bertz CT molecular complexity index is 813. The molecule has 1 aliphatic rings. The van der Waals surface area contributed by atoms with Gasteiger partial charge in [0, 0.05) is 10.6 Å². The molecule has 1 aliphatic heterocycles. The van der Waals surface area contributed by atoms with Gasteiger partial charge in [0.2, 0.25) is 15.9 Å². The van der Waals surface area contributed by atoms with E-state index in [-0.39, 0.29) is 22.8 Å². The Labute approximate surface area is 133 Å². The fourth-order valence-electron chi connectivity index (χ4n) is 2.46. The van der Waals surface area contributed by atoms with Crippen LogP contribution in [0.15, 0.2) is 40.6 Å². The molecule has 0 unspecified atom stereocenters. The van der Waals surface area contributed by atoms with E-state index in [0.29, 0.717) is 5.69 Å². The number of fused-ring (bicyclic) bond motifs is 1. The van der Waals surface area contributed by atoms with Crippen LogP contribution < -0.4 is 10.0 Å². The molecular weight excluding hydrogens is 320 g/mol. The third-order valence-electron chi connectivity index (χ3n) is 3.75. The van der Waals surface area contributed by atoms with E-state index in [1.165, 1.54) is 17.4 Å². The van der Waals surface area contributed by atoms with Crippen molar-refractivity contribution < 1.29 is 13.2 Å². The van der Waals surface area contributed by atoms with Crippen LogP contribution in [0.25, 0.3) is 0 Å². The van der Waals surface area contributed by atoms with Crippen molar-refractivity contribution in [3.05, 3.63) is 46.2 Å². The standard InChI is InChI=1S/C15H16N2O3S2/c1-9-12-8-11(5-6-13(12)16-15(9)18)22(19,20)17-10(2)14-4-3-7-21-14/h3-10,17H,1-2H3,(H,16,18)/t9-,10-/m1/s1. The van der Waals surface area contributed by atoms with Crippen LogP contribution in [0, 0.1) is 0 Å². The lowest BCUT2D eigenvalue weighted by atomic mass is 10.0. The lowest BCUT2D eigenvalue weighted by molar-refractivity contribution is -0.116. The van der Waals surface area contributed by atoms with Crippen molar-refractivity contribution in [3.8, 4) is 0 Å². The molecule has 0 fully saturated rings. The van der Waals surface area contributed by atoms with E-state index in [0.717, 1.165) is 10.4 Å². The summed E-state index contributed by atoms with van der Waals surface area (Å²) in [6.07, 6.45) is 0. The van der Waals surface area contributed by atoms with Crippen molar-refractivity contribution in [2.45, 2.75) is 30.7 Å². The summed E-state index contributed by atoms with van der Waals surface area (Å²) in [6, 6.07) is 8.21. The quantitative estimate of drug-likeness (QED) is 0.901. The summed E-state index contributed by atoms with van der Waals surface area (Å²) in [6.45, 7) is 3.57. The van der Waals surface area contributed by atoms with Crippen LogP contribution >= 0.6 is 11.3 Å². The van der Waals surface area contributed by atoms with E-state index in [1.807, 2.05) is 24.4 Å². The minimum atomic E-state index is -3.63. The summed E-state index contributed by atoms with van der Waals surface area (Å²) in [4.78, 5) is 12.8. The highest BCUT2D eigenvalue weighted by atomic mass is 32.2. The van der Waals surface area contributed by atoms with Crippen molar-refractivity contribution in [1.82, 2.24) is 4.72 Å². The number of hydrogen-bond acceptors (Lipinski definition) is 4. The number of hydrogen-bond donors (Lipinski definition) is 2. The van der Waals surface area contributed by atoms with Gasteiger partial charge in [-0.15, -0.1) is 11.3 Å². The fraction of sp³-hybridized carbons (Fsp3) is 0.267. The Morgan fingerprint density at radius 1 is 1.32 bits per heavy atom. The monoisotopic (exact) mass is 336 g/mol. The smallest absolute Gasteiger partial charge is 0.241 e. The van der Waals surface area contributed by atoms with Gasteiger partial charge in [-0.1, -0.05) is 6.07 Å². The van der Waals surface area contributed by atoms with Crippen molar-refractivity contribution >= 4 is 33.0 Å². The molecule has 116 valence electrons. The maximum absolute atomic E-state index is 12.5. The second kappa shape index (κ2) is 5.49. The molecule has 1 aromatic carbocycles. The third-order valence-corrected chi connectivity index (χ3v) is 6.35. The molecule has 5 nitrogen and oxygen atoms in total. The molecule has 22 heavy (non-hydrogen) atoms. The van der Waals surface area contributed by atoms with Crippen LogP contribution in [0.4, 0.5) is 5.69 Å². The van der Waals surface area contributed by atoms with Gasteiger partial charge in [-0.2, -0.15) is 0 Å². The summed E-state index contributed by atoms with van der Waals surface area (Å²) in [7, 11) is -3.63. The average Bonchev–Trinajstić information content (AvgIpc) is 3.08. The molecular formula is C15H16N2O3S2. The molecule has 1 aromatic heterocycles. The summed E-state index contributed by atoms with van der Waals surface area (Å²) in [5, 5.41) is 4.65. The van der Waals surface area contributed by atoms with Crippen LogP contribution in [-0.4, -0.2) is 14.3 Å². The van der Waals surface area contributed by atoms with Gasteiger partial charge in [-0.05, 0) is 49.1 Å². The zero-order valence-electron chi connectivity index (χ0n) is 12.2. The lowest BCUT2D eigenvalue weighted by Crippen LogP contribution is -2.26. The first-order chi connectivity index (χ1) is 10.4. The van der Waals surface area contributed by atoms with Crippen LogP contribution in [0.5, 0.6) is 0 Å². The van der Waals surface area contributed by atoms with Crippen LogP contribution in [-0.2, 0) is 14.8 Å². The predicted molar refractivity (Wildman–Crippen MR) is 86.5 cm³/mol. The molecule has 0 saturated carbocycles. The summed E-state index contributed by atoms with van der Waals surface area (Å²) >= 11 is 1.51. The number of rotatable bonds is 4. The topological polar surface area (TPSA) is 75.3 Å². The van der Waals surface area contributed by atoms with E-state index in [4.69, 9.17) is 0 Å². The van der Waals surface area contributed by atoms with E-state index in [1.54, 1.807) is 19.1 Å². The lowest BCUT2D eigenvalue weighted by Gasteiger charge is -2.13. The predicted octanol–water partition coefficient (Wildman–Crippen LogP) is 2.84. The number of anilines is 1. The number of benzene rings is 1. The van der Waals surface area contributed by atoms with E-state index in [2.05, 4.69) is 10.0 Å². The van der Waals surface area contributed by atoms with Crippen molar-refractivity contribution in [2.24, 2.45) is 0 Å². The highest BCUT2D eigenvalue weighted by Gasteiger charge is 2.28.